The Morgan fingerprint density at radius 1 is 1.37 bits per heavy atom. The number of nitrogens with zero attached hydrogens (tertiary/aromatic N) is 1. The highest BCUT2D eigenvalue weighted by atomic mass is 16.5. The molecule has 0 unspecified atom stereocenters. The summed E-state index contributed by atoms with van der Waals surface area (Å²) in [6.07, 6.45) is 4.73. The maximum absolute atomic E-state index is 10.6. The standard InChI is InChI=1S/C15H21NO3/c1-16(11-15(17)18)9-10-19-14-8-4-6-12-5-2-3-7-13(12)14/h4,6,8H,2-3,5,7,9-11H2,1H3,(H,17,18). The Bertz CT molecular complexity index is 445. The van der Waals surface area contributed by atoms with Gasteiger partial charge < -0.3 is 9.84 Å². The first-order valence-corrected chi connectivity index (χ1v) is 6.80. The highest BCUT2D eigenvalue weighted by Gasteiger charge is 2.13. The molecular formula is C15H21NO3. The smallest absolute Gasteiger partial charge is 0.317 e. The zero-order valence-corrected chi connectivity index (χ0v) is 11.4. The maximum Gasteiger partial charge on any atom is 0.317 e. The third-order valence-corrected chi connectivity index (χ3v) is 3.49. The van der Waals surface area contributed by atoms with Gasteiger partial charge in [-0.3, -0.25) is 9.69 Å². The number of benzene rings is 1. The van der Waals surface area contributed by atoms with Crippen molar-refractivity contribution in [1.29, 1.82) is 0 Å². The number of likely N-dealkylation sites (N-methyl/N-ethyl adjacent to an activating group) is 1. The monoisotopic (exact) mass is 263 g/mol. The van der Waals surface area contributed by atoms with Gasteiger partial charge in [0.05, 0.1) is 6.54 Å². The van der Waals surface area contributed by atoms with Crippen molar-refractivity contribution in [2.45, 2.75) is 25.7 Å². The largest absolute Gasteiger partial charge is 0.492 e. The van der Waals surface area contributed by atoms with E-state index in [1.165, 1.54) is 24.0 Å². The SMILES string of the molecule is CN(CCOc1cccc2c1CCCC2)CC(=O)O. The quantitative estimate of drug-likeness (QED) is 0.852. The molecule has 0 spiro atoms. The van der Waals surface area contributed by atoms with E-state index in [0.717, 1.165) is 18.6 Å². The molecule has 4 nitrogen and oxygen atoms in total. The van der Waals surface area contributed by atoms with Crippen molar-refractivity contribution in [3.8, 4) is 5.75 Å². The Balaban J connectivity index is 1.88. The van der Waals surface area contributed by atoms with E-state index in [2.05, 4.69) is 6.07 Å². The number of carboxylic acid groups (broad SMARTS) is 1. The highest BCUT2D eigenvalue weighted by molar-refractivity contribution is 5.68. The van der Waals surface area contributed by atoms with Gasteiger partial charge in [0.1, 0.15) is 12.4 Å². The second-order valence-corrected chi connectivity index (χ2v) is 5.08. The Morgan fingerprint density at radius 2 is 2.16 bits per heavy atom. The summed E-state index contributed by atoms with van der Waals surface area (Å²) in [4.78, 5) is 12.3. The second kappa shape index (κ2) is 6.57. The fourth-order valence-corrected chi connectivity index (χ4v) is 2.50. The number of carbonyl (C=O) groups is 1. The van der Waals surface area contributed by atoms with Crippen LogP contribution in [-0.4, -0.2) is 42.7 Å². The molecule has 2 rings (SSSR count). The van der Waals surface area contributed by atoms with Gasteiger partial charge >= 0.3 is 5.97 Å². The van der Waals surface area contributed by atoms with Crippen LogP contribution in [0.3, 0.4) is 0 Å². The van der Waals surface area contributed by atoms with Gasteiger partial charge in [0.2, 0.25) is 0 Å². The number of aliphatic carboxylic acids is 1. The highest BCUT2D eigenvalue weighted by Crippen LogP contribution is 2.29. The minimum atomic E-state index is -0.806. The fourth-order valence-electron chi connectivity index (χ4n) is 2.50. The Labute approximate surface area is 114 Å². The van der Waals surface area contributed by atoms with Crippen LogP contribution in [0.2, 0.25) is 0 Å². The molecule has 1 aromatic carbocycles. The molecule has 0 fully saturated rings. The first-order chi connectivity index (χ1) is 9.16. The number of rotatable bonds is 6. The molecule has 0 amide bonds. The second-order valence-electron chi connectivity index (χ2n) is 5.08. The van der Waals surface area contributed by atoms with Crippen molar-refractivity contribution in [2.75, 3.05) is 26.7 Å². The summed E-state index contributed by atoms with van der Waals surface area (Å²) < 4.78 is 5.82. The molecule has 0 saturated heterocycles. The van der Waals surface area contributed by atoms with E-state index in [1.807, 2.05) is 12.1 Å². The van der Waals surface area contributed by atoms with Gasteiger partial charge in [0.15, 0.2) is 0 Å². The van der Waals surface area contributed by atoms with Crippen LogP contribution in [0, 0.1) is 0 Å². The van der Waals surface area contributed by atoms with Gasteiger partial charge in [0.25, 0.3) is 0 Å². The zero-order valence-electron chi connectivity index (χ0n) is 11.4. The minimum absolute atomic E-state index is 0.0518. The van der Waals surface area contributed by atoms with Crippen molar-refractivity contribution < 1.29 is 14.6 Å². The van der Waals surface area contributed by atoms with E-state index in [1.54, 1.807) is 11.9 Å². The molecule has 0 aromatic heterocycles. The van der Waals surface area contributed by atoms with Crippen LogP contribution in [0.1, 0.15) is 24.0 Å². The predicted octanol–water partition coefficient (Wildman–Crippen LogP) is 1.96. The number of hydrogen-bond donors (Lipinski definition) is 1. The predicted molar refractivity (Wildman–Crippen MR) is 73.7 cm³/mol. The zero-order chi connectivity index (χ0) is 13.7. The summed E-state index contributed by atoms with van der Waals surface area (Å²) >= 11 is 0. The summed E-state index contributed by atoms with van der Waals surface area (Å²) in [5.74, 6) is 0.167. The van der Waals surface area contributed by atoms with Crippen LogP contribution in [0.4, 0.5) is 0 Å². The molecule has 0 atom stereocenters. The lowest BCUT2D eigenvalue weighted by atomic mass is 9.91. The average molecular weight is 263 g/mol. The molecular weight excluding hydrogens is 242 g/mol. The lowest BCUT2D eigenvalue weighted by Crippen LogP contribution is -2.29. The normalized spacial score (nSPS) is 14.2. The van der Waals surface area contributed by atoms with Crippen LogP contribution in [0.25, 0.3) is 0 Å². The number of fused-ring (bicyclic) bond motifs is 1. The van der Waals surface area contributed by atoms with Crippen LogP contribution < -0.4 is 4.74 Å². The molecule has 0 radical (unpaired) electrons. The number of hydrogen-bond acceptors (Lipinski definition) is 3. The summed E-state index contributed by atoms with van der Waals surface area (Å²) in [7, 11) is 1.79. The van der Waals surface area contributed by atoms with E-state index < -0.39 is 5.97 Å². The molecule has 1 aliphatic rings. The van der Waals surface area contributed by atoms with Crippen molar-refractivity contribution in [2.24, 2.45) is 0 Å². The molecule has 1 N–H and O–H groups in total. The molecule has 104 valence electrons. The van der Waals surface area contributed by atoms with Crippen molar-refractivity contribution in [1.82, 2.24) is 4.90 Å². The Hall–Kier alpha value is -1.55. The van der Waals surface area contributed by atoms with E-state index in [-0.39, 0.29) is 6.54 Å². The van der Waals surface area contributed by atoms with Crippen LogP contribution in [0.15, 0.2) is 18.2 Å². The van der Waals surface area contributed by atoms with Crippen LogP contribution in [0.5, 0.6) is 5.75 Å². The Morgan fingerprint density at radius 3 is 2.95 bits per heavy atom. The first kappa shape index (κ1) is 13.9. The number of carboxylic acids is 1. The molecule has 1 aromatic rings. The van der Waals surface area contributed by atoms with Gasteiger partial charge in [-0.2, -0.15) is 0 Å². The molecule has 0 heterocycles. The minimum Gasteiger partial charge on any atom is -0.492 e. The topological polar surface area (TPSA) is 49.8 Å². The Kier molecular flexibility index (Phi) is 4.80. The van der Waals surface area contributed by atoms with Crippen LogP contribution in [-0.2, 0) is 17.6 Å². The van der Waals surface area contributed by atoms with E-state index in [9.17, 15) is 4.79 Å². The summed E-state index contributed by atoms with van der Waals surface area (Å²) in [5, 5.41) is 8.68. The summed E-state index contributed by atoms with van der Waals surface area (Å²) in [6, 6.07) is 6.24. The fraction of sp³-hybridized carbons (Fsp3) is 0.533. The molecule has 0 aliphatic heterocycles. The lowest BCUT2D eigenvalue weighted by molar-refractivity contribution is -0.138. The van der Waals surface area contributed by atoms with Crippen molar-refractivity contribution in [3.05, 3.63) is 29.3 Å². The number of ether oxygens (including phenoxy) is 1. The van der Waals surface area contributed by atoms with E-state index in [0.29, 0.717) is 13.2 Å². The molecule has 4 heteroatoms. The molecule has 0 saturated carbocycles. The summed E-state index contributed by atoms with van der Waals surface area (Å²) in [6.45, 7) is 1.20. The maximum atomic E-state index is 10.6. The molecule has 0 bridgehead atoms. The van der Waals surface area contributed by atoms with Crippen molar-refractivity contribution >= 4 is 5.97 Å². The van der Waals surface area contributed by atoms with Gasteiger partial charge in [-0.1, -0.05) is 12.1 Å². The van der Waals surface area contributed by atoms with Crippen LogP contribution >= 0.6 is 0 Å². The third kappa shape index (κ3) is 3.96. The van der Waals surface area contributed by atoms with Gasteiger partial charge in [0, 0.05) is 6.54 Å². The molecule has 1 aliphatic carbocycles. The van der Waals surface area contributed by atoms with E-state index >= 15 is 0 Å². The van der Waals surface area contributed by atoms with Gasteiger partial charge in [-0.25, -0.2) is 0 Å². The molecule has 19 heavy (non-hydrogen) atoms. The van der Waals surface area contributed by atoms with Crippen molar-refractivity contribution in [3.63, 3.8) is 0 Å². The lowest BCUT2D eigenvalue weighted by Gasteiger charge is -2.20. The van der Waals surface area contributed by atoms with Gasteiger partial charge in [-0.15, -0.1) is 0 Å². The summed E-state index contributed by atoms with van der Waals surface area (Å²) in [5.41, 5.74) is 2.75. The first-order valence-electron chi connectivity index (χ1n) is 6.80. The van der Waals surface area contributed by atoms with Gasteiger partial charge in [-0.05, 0) is 49.9 Å². The number of aryl methyl sites for hydroxylation is 1. The third-order valence-electron chi connectivity index (χ3n) is 3.49. The average Bonchev–Trinajstić information content (AvgIpc) is 2.38. The van der Waals surface area contributed by atoms with E-state index in [4.69, 9.17) is 9.84 Å².